The van der Waals surface area contributed by atoms with Crippen LogP contribution >= 0.6 is 0 Å². The van der Waals surface area contributed by atoms with Gasteiger partial charge in [-0.3, -0.25) is 0 Å². The van der Waals surface area contributed by atoms with Crippen molar-refractivity contribution in [1.29, 1.82) is 0 Å². The lowest BCUT2D eigenvalue weighted by atomic mass is 10.2. The van der Waals surface area contributed by atoms with Crippen molar-refractivity contribution in [2.45, 2.75) is 57.5 Å². The Kier molecular flexibility index (Phi) is 3.79. The first-order chi connectivity index (χ1) is 6.76. The van der Waals surface area contributed by atoms with E-state index in [1.807, 2.05) is 0 Å². The van der Waals surface area contributed by atoms with Gasteiger partial charge in [-0.2, -0.15) is 0 Å². The van der Waals surface area contributed by atoms with Gasteiger partial charge in [-0.25, -0.2) is 0 Å². The predicted molar refractivity (Wildman–Crippen MR) is 66.6 cm³/mol. The molecule has 0 heterocycles. The van der Waals surface area contributed by atoms with Crippen LogP contribution in [0, 0.1) is 0 Å². The highest BCUT2D eigenvalue weighted by Gasteiger charge is 2.39. The molecule has 2 nitrogen and oxygen atoms in total. The van der Waals surface area contributed by atoms with Gasteiger partial charge in [0.25, 0.3) is 0 Å². The predicted octanol–water partition coefficient (Wildman–Crippen LogP) is 3.35. The fourth-order valence-corrected chi connectivity index (χ4v) is 2.74. The maximum atomic E-state index is 6.27. The van der Waals surface area contributed by atoms with Crippen LogP contribution in [0.4, 0.5) is 0 Å². The van der Waals surface area contributed by atoms with E-state index < -0.39 is 8.32 Å². The van der Waals surface area contributed by atoms with Crippen LogP contribution < -0.4 is 0 Å². The summed E-state index contributed by atoms with van der Waals surface area (Å²) < 4.78 is 11.6. The summed E-state index contributed by atoms with van der Waals surface area (Å²) in [4.78, 5) is 0. The summed E-state index contributed by atoms with van der Waals surface area (Å²) in [7, 11) is 0.135. The minimum atomic E-state index is -1.62. The molecule has 0 N–H and O–H groups in total. The third kappa shape index (κ3) is 3.16. The summed E-state index contributed by atoms with van der Waals surface area (Å²) in [6, 6.07) is 0. The fourth-order valence-electron chi connectivity index (χ4n) is 1.45. The molecule has 0 bridgehead atoms. The maximum absolute atomic E-state index is 6.27. The zero-order valence-corrected chi connectivity index (χ0v) is 11.8. The highest BCUT2D eigenvalue weighted by molar-refractivity contribution is 6.74. The molecule has 1 aliphatic rings. The normalized spacial score (nSPS) is 27.3. The molecule has 15 heavy (non-hydrogen) atoms. The first-order valence-corrected chi connectivity index (χ1v) is 8.56. The van der Waals surface area contributed by atoms with Gasteiger partial charge in [0.05, 0.1) is 12.2 Å². The molecule has 0 aliphatic heterocycles. The van der Waals surface area contributed by atoms with Gasteiger partial charge in [0.1, 0.15) is 0 Å². The Balaban J connectivity index is 2.54. The number of hydrogen-bond acceptors (Lipinski definition) is 2. The topological polar surface area (TPSA) is 18.5 Å². The van der Waals surface area contributed by atoms with Crippen molar-refractivity contribution in [3.8, 4) is 0 Å². The molecule has 2 atom stereocenters. The molecule has 1 rings (SSSR count). The molecule has 0 spiro atoms. The Bertz CT molecular complexity index is 240. The van der Waals surface area contributed by atoms with E-state index in [0.717, 1.165) is 6.42 Å². The Morgan fingerprint density at radius 3 is 2.07 bits per heavy atom. The summed E-state index contributed by atoms with van der Waals surface area (Å²) in [5.41, 5.74) is 0. The molecule has 0 saturated carbocycles. The zero-order valence-electron chi connectivity index (χ0n) is 10.8. The summed E-state index contributed by atoms with van der Waals surface area (Å²) in [5.74, 6) is 0. The lowest BCUT2D eigenvalue weighted by Gasteiger charge is -2.38. The van der Waals surface area contributed by atoms with E-state index in [4.69, 9.17) is 9.16 Å². The van der Waals surface area contributed by atoms with E-state index in [9.17, 15) is 0 Å². The molecule has 0 aromatic heterocycles. The van der Waals surface area contributed by atoms with Crippen molar-refractivity contribution in [3.05, 3.63) is 12.2 Å². The molecule has 1 unspecified atom stereocenters. The molecule has 0 amide bonds. The second kappa shape index (κ2) is 4.40. The van der Waals surface area contributed by atoms with Gasteiger partial charge in [-0.15, -0.1) is 0 Å². The summed E-state index contributed by atoms with van der Waals surface area (Å²) >= 11 is 0. The van der Waals surface area contributed by atoms with Crippen LogP contribution in [0.2, 0.25) is 18.1 Å². The quantitative estimate of drug-likeness (QED) is 0.545. The molecule has 0 saturated heterocycles. The average Bonchev–Trinajstić information content (AvgIpc) is 2.49. The van der Waals surface area contributed by atoms with Gasteiger partial charge in [-0.1, -0.05) is 32.9 Å². The molecule has 0 radical (unpaired) electrons. The summed E-state index contributed by atoms with van der Waals surface area (Å²) in [6.45, 7) is 11.4. The SMILES string of the molecule is CO[C@@H]1C=CC(O[Si](C)(C)C(C)(C)C)C1. The molecule has 0 aromatic rings. The zero-order chi connectivity index (χ0) is 11.7. The maximum Gasteiger partial charge on any atom is 0.192 e. The first kappa shape index (κ1) is 12.9. The lowest BCUT2D eigenvalue weighted by molar-refractivity contribution is 0.108. The van der Waals surface area contributed by atoms with Gasteiger partial charge in [0, 0.05) is 13.5 Å². The van der Waals surface area contributed by atoms with Crippen molar-refractivity contribution in [3.63, 3.8) is 0 Å². The number of hydrogen-bond donors (Lipinski definition) is 0. The Morgan fingerprint density at radius 1 is 1.13 bits per heavy atom. The third-order valence-electron chi connectivity index (χ3n) is 3.56. The van der Waals surface area contributed by atoms with Crippen LogP contribution in [0.15, 0.2) is 12.2 Å². The van der Waals surface area contributed by atoms with Crippen LogP contribution in [0.25, 0.3) is 0 Å². The second-order valence-electron chi connectivity index (χ2n) is 5.81. The Labute approximate surface area is 94.8 Å². The fraction of sp³-hybridized carbons (Fsp3) is 0.833. The van der Waals surface area contributed by atoms with Crippen molar-refractivity contribution in [2.24, 2.45) is 0 Å². The van der Waals surface area contributed by atoms with E-state index in [1.54, 1.807) is 7.11 Å². The van der Waals surface area contributed by atoms with Gasteiger partial charge in [-0.05, 0) is 18.1 Å². The van der Waals surface area contributed by atoms with Crippen LogP contribution in [-0.2, 0) is 9.16 Å². The van der Waals surface area contributed by atoms with E-state index in [0.29, 0.717) is 0 Å². The minimum Gasteiger partial charge on any atom is -0.410 e. The first-order valence-electron chi connectivity index (χ1n) is 5.65. The smallest absolute Gasteiger partial charge is 0.192 e. The van der Waals surface area contributed by atoms with Crippen molar-refractivity contribution < 1.29 is 9.16 Å². The Hall–Kier alpha value is -0.123. The average molecular weight is 228 g/mol. The van der Waals surface area contributed by atoms with Gasteiger partial charge in [0.15, 0.2) is 8.32 Å². The highest BCUT2D eigenvalue weighted by atomic mass is 28.4. The van der Waals surface area contributed by atoms with Crippen LogP contribution in [0.1, 0.15) is 27.2 Å². The molecular formula is C12H24O2Si. The third-order valence-corrected chi connectivity index (χ3v) is 8.06. The van der Waals surface area contributed by atoms with E-state index in [-0.39, 0.29) is 17.2 Å². The monoisotopic (exact) mass is 228 g/mol. The number of rotatable bonds is 3. The molecule has 0 aromatic carbocycles. The van der Waals surface area contributed by atoms with E-state index >= 15 is 0 Å². The lowest BCUT2D eigenvalue weighted by Crippen LogP contribution is -2.43. The highest BCUT2D eigenvalue weighted by Crippen LogP contribution is 2.38. The van der Waals surface area contributed by atoms with Crippen LogP contribution in [0.5, 0.6) is 0 Å². The standard InChI is InChI=1S/C12H24O2Si/c1-12(2,3)15(5,6)14-11-8-7-10(9-11)13-4/h7-8,10-11H,9H2,1-6H3/t10-,11?/m1/s1. The second-order valence-corrected chi connectivity index (χ2v) is 10.6. The van der Waals surface area contributed by atoms with Crippen molar-refractivity contribution in [2.75, 3.05) is 7.11 Å². The minimum absolute atomic E-state index is 0.250. The molecule has 88 valence electrons. The number of methoxy groups -OCH3 is 1. The van der Waals surface area contributed by atoms with E-state index in [1.165, 1.54) is 0 Å². The van der Waals surface area contributed by atoms with E-state index in [2.05, 4.69) is 46.0 Å². The van der Waals surface area contributed by atoms with Crippen molar-refractivity contribution in [1.82, 2.24) is 0 Å². The summed E-state index contributed by atoms with van der Waals surface area (Å²) in [5, 5.41) is 0.284. The van der Waals surface area contributed by atoms with Gasteiger partial charge >= 0.3 is 0 Å². The van der Waals surface area contributed by atoms with Gasteiger partial charge in [0.2, 0.25) is 0 Å². The van der Waals surface area contributed by atoms with Crippen LogP contribution in [-0.4, -0.2) is 27.6 Å². The molecule has 3 heteroatoms. The Morgan fingerprint density at radius 2 is 1.67 bits per heavy atom. The van der Waals surface area contributed by atoms with Gasteiger partial charge < -0.3 is 9.16 Å². The van der Waals surface area contributed by atoms with Crippen molar-refractivity contribution >= 4 is 8.32 Å². The van der Waals surface area contributed by atoms with Crippen LogP contribution in [0.3, 0.4) is 0 Å². The number of ether oxygens (including phenoxy) is 1. The molecule has 0 fully saturated rings. The molecule has 1 aliphatic carbocycles. The largest absolute Gasteiger partial charge is 0.410 e. The summed E-state index contributed by atoms with van der Waals surface area (Å²) in [6.07, 6.45) is 5.74. The molecular weight excluding hydrogens is 204 g/mol.